The first kappa shape index (κ1) is 22.2. The van der Waals surface area contributed by atoms with Crippen molar-refractivity contribution in [3.63, 3.8) is 0 Å². The zero-order valence-corrected chi connectivity index (χ0v) is 12.9. The summed E-state index contributed by atoms with van der Waals surface area (Å²) in [6.45, 7) is 1.56. The number of nitrogens with one attached hydrogen (secondary N) is 1. The van der Waals surface area contributed by atoms with Crippen molar-refractivity contribution in [1.29, 1.82) is 0 Å². The molecule has 1 aromatic carbocycles. The lowest BCUT2D eigenvalue weighted by Crippen LogP contribution is -2.45. The molecule has 1 aromatic rings. The number of hydrogen-bond acceptors (Lipinski definition) is 4. The fourth-order valence-corrected chi connectivity index (χ4v) is 2.24. The van der Waals surface area contributed by atoms with Crippen LogP contribution in [-0.2, 0) is 19.8 Å². The van der Waals surface area contributed by atoms with Gasteiger partial charge in [0.25, 0.3) is 0 Å². The van der Waals surface area contributed by atoms with E-state index in [-0.39, 0.29) is 25.2 Å². The number of rotatable bonds is 2. The van der Waals surface area contributed by atoms with E-state index < -0.39 is 11.4 Å². The molecule has 0 radical (unpaired) electrons. The number of piperidine rings is 1. The zero-order valence-electron chi connectivity index (χ0n) is 12.1. The number of carbonyl (C=O) groups excluding carboxylic acids is 2. The second-order valence-corrected chi connectivity index (χ2v) is 4.28. The SMILES string of the molecule is Cl.NC=O.NC=O.O=C(O)C1(c2ccccc2)CCNCC1. The Morgan fingerprint density at radius 3 is 1.86 bits per heavy atom. The third kappa shape index (κ3) is 6.55. The molecule has 1 aliphatic heterocycles. The van der Waals surface area contributed by atoms with Crippen LogP contribution in [0.15, 0.2) is 30.3 Å². The van der Waals surface area contributed by atoms with Gasteiger partial charge >= 0.3 is 5.97 Å². The first-order valence-electron chi connectivity index (χ1n) is 6.39. The maximum absolute atomic E-state index is 11.4. The van der Waals surface area contributed by atoms with Crippen molar-refractivity contribution >= 4 is 31.2 Å². The quantitative estimate of drug-likeness (QED) is 0.566. The topological polar surface area (TPSA) is 136 Å². The van der Waals surface area contributed by atoms with Crippen molar-refractivity contribution in [2.75, 3.05) is 13.1 Å². The van der Waals surface area contributed by atoms with Crippen LogP contribution in [0.25, 0.3) is 0 Å². The van der Waals surface area contributed by atoms with Gasteiger partial charge in [0.1, 0.15) is 0 Å². The first-order chi connectivity index (χ1) is 10.1. The average molecular weight is 332 g/mol. The molecule has 2 rings (SSSR count). The molecule has 0 aromatic heterocycles. The largest absolute Gasteiger partial charge is 0.481 e. The molecule has 0 aliphatic carbocycles. The van der Waals surface area contributed by atoms with E-state index in [0.717, 1.165) is 18.7 Å². The Morgan fingerprint density at radius 1 is 1.09 bits per heavy atom. The molecule has 6 N–H and O–H groups in total. The number of nitrogens with two attached hydrogens (primary N) is 2. The van der Waals surface area contributed by atoms with Crippen molar-refractivity contribution < 1.29 is 19.5 Å². The minimum Gasteiger partial charge on any atom is -0.481 e. The van der Waals surface area contributed by atoms with Crippen LogP contribution in [0.5, 0.6) is 0 Å². The molecule has 1 saturated heterocycles. The molecular formula is C14H22ClN3O4. The summed E-state index contributed by atoms with van der Waals surface area (Å²) in [4.78, 5) is 28.6. The van der Waals surface area contributed by atoms with E-state index in [2.05, 4.69) is 16.8 Å². The molecule has 0 unspecified atom stereocenters. The molecule has 0 bridgehead atoms. The minimum absolute atomic E-state index is 0. The van der Waals surface area contributed by atoms with Crippen LogP contribution in [-0.4, -0.2) is 37.0 Å². The highest BCUT2D eigenvalue weighted by Gasteiger charge is 2.40. The number of carboxylic acid groups (broad SMARTS) is 1. The van der Waals surface area contributed by atoms with Gasteiger partial charge < -0.3 is 21.9 Å². The van der Waals surface area contributed by atoms with Gasteiger partial charge in [0.2, 0.25) is 12.8 Å². The molecular weight excluding hydrogens is 310 g/mol. The van der Waals surface area contributed by atoms with Crippen LogP contribution in [0.3, 0.4) is 0 Å². The number of benzene rings is 1. The summed E-state index contributed by atoms with van der Waals surface area (Å²) < 4.78 is 0. The lowest BCUT2D eigenvalue weighted by molar-refractivity contribution is -0.145. The summed E-state index contributed by atoms with van der Waals surface area (Å²) in [5.74, 6) is -0.699. The number of primary amides is 2. The number of aliphatic carboxylic acids is 1. The number of amides is 2. The van der Waals surface area contributed by atoms with Crippen molar-refractivity contribution in [2.45, 2.75) is 18.3 Å². The Hall–Kier alpha value is -2.12. The lowest BCUT2D eigenvalue weighted by atomic mass is 9.73. The van der Waals surface area contributed by atoms with E-state index in [0.29, 0.717) is 12.8 Å². The van der Waals surface area contributed by atoms with E-state index in [4.69, 9.17) is 9.59 Å². The number of hydrogen-bond donors (Lipinski definition) is 4. The van der Waals surface area contributed by atoms with Crippen LogP contribution in [0.2, 0.25) is 0 Å². The summed E-state index contributed by atoms with van der Waals surface area (Å²) in [5.41, 5.74) is 8.59. The van der Waals surface area contributed by atoms with Gasteiger partial charge in [-0.15, -0.1) is 12.4 Å². The van der Waals surface area contributed by atoms with E-state index in [1.165, 1.54) is 0 Å². The molecule has 0 saturated carbocycles. The van der Waals surface area contributed by atoms with Crippen molar-refractivity contribution in [2.24, 2.45) is 11.5 Å². The van der Waals surface area contributed by atoms with Crippen LogP contribution >= 0.6 is 12.4 Å². The van der Waals surface area contributed by atoms with E-state index in [9.17, 15) is 9.90 Å². The van der Waals surface area contributed by atoms with E-state index >= 15 is 0 Å². The maximum atomic E-state index is 11.4. The fraction of sp³-hybridized carbons (Fsp3) is 0.357. The van der Waals surface area contributed by atoms with E-state index in [1.807, 2.05) is 30.3 Å². The molecule has 8 heteroatoms. The smallest absolute Gasteiger partial charge is 0.314 e. The summed E-state index contributed by atoms with van der Waals surface area (Å²) >= 11 is 0. The Morgan fingerprint density at radius 2 is 1.50 bits per heavy atom. The van der Waals surface area contributed by atoms with Gasteiger partial charge in [0.15, 0.2) is 0 Å². The molecule has 1 heterocycles. The van der Waals surface area contributed by atoms with Gasteiger partial charge in [0, 0.05) is 0 Å². The van der Waals surface area contributed by atoms with Crippen LogP contribution in [0.4, 0.5) is 0 Å². The summed E-state index contributed by atoms with van der Waals surface area (Å²) in [6.07, 6.45) is 1.85. The predicted octanol–water partition coefficient (Wildman–Crippen LogP) is 0.0172. The van der Waals surface area contributed by atoms with Crippen LogP contribution in [0.1, 0.15) is 18.4 Å². The third-order valence-corrected chi connectivity index (χ3v) is 3.19. The molecule has 124 valence electrons. The number of halogens is 1. The lowest BCUT2D eigenvalue weighted by Gasteiger charge is -2.34. The molecule has 2 amide bonds. The van der Waals surface area contributed by atoms with Gasteiger partial charge in [-0.2, -0.15) is 0 Å². The third-order valence-electron chi connectivity index (χ3n) is 3.19. The van der Waals surface area contributed by atoms with Crippen molar-refractivity contribution in [3.8, 4) is 0 Å². The maximum Gasteiger partial charge on any atom is 0.314 e. The average Bonchev–Trinajstić information content (AvgIpc) is 2.50. The Labute approximate surface area is 135 Å². The second kappa shape index (κ2) is 12.6. The number of carbonyl (C=O) groups is 3. The fourth-order valence-electron chi connectivity index (χ4n) is 2.24. The monoisotopic (exact) mass is 331 g/mol. The molecule has 22 heavy (non-hydrogen) atoms. The minimum atomic E-state index is -0.699. The summed E-state index contributed by atoms with van der Waals surface area (Å²) in [6, 6.07) is 9.56. The van der Waals surface area contributed by atoms with Gasteiger partial charge in [-0.1, -0.05) is 30.3 Å². The highest BCUT2D eigenvalue weighted by atomic mass is 35.5. The highest BCUT2D eigenvalue weighted by molar-refractivity contribution is 5.85. The molecule has 7 nitrogen and oxygen atoms in total. The highest BCUT2D eigenvalue weighted by Crippen LogP contribution is 2.33. The van der Waals surface area contributed by atoms with Gasteiger partial charge in [-0.3, -0.25) is 14.4 Å². The van der Waals surface area contributed by atoms with Crippen molar-refractivity contribution in [1.82, 2.24) is 5.32 Å². The van der Waals surface area contributed by atoms with Gasteiger partial charge in [0.05, 0.1) is 5.41 Å². The predicted molar refractivity (Wildman–Crippen MR) is 85.6 cm³/mol. The van der Waals surface area contributed by atoms with E-state index in [1.54, 1.807) is 0 Å². The summed E-state index contributed by atoms with van der Waals surface area (Å²) in [5, 5.41) is 12.6. The molecule has 0 spiro atoms. The van der Waals surface area contributed by atoms with Gasteiger partial charge in [-0.05, 0) is 31.5 Å². The van der Waals surface area contributed by atoms with Gasteiger partial charge in [-0.25, -0.2) is 0 Å². The van der Waals surface area contributed by atoms with Crippen LogP contribution in [0, 0.1) is 0 Å². The standard InChI is InChI=1S/C12H15NO2.2CH3NO.ClH/c14-11(15)12(6-8-13-9-7-12)10-4-2-1-3-5-10;2*2-1-3;/h1-5,13H,6-9H2,(H,14,15);2*1H,(H2,2,3);1H. The Balaban J connectivity index is 0. The zero-order chi connectivity index (χ0) is 16.1. The number of carboxylic acids is 1. The normalized spacial score (nSPS) is 14.5. The second-order valence-electron chi connectivity index (χ2n) is 4.28. The van der Waals surface area contributed by atoms with Crippen molar-refractivity contribution in [3.05, 3.63) is 35.9 Å². The first-order valence-corrected chi connectivity index (χ1v) is 6.39. The Bertz CT molecular complexity index is 431. The Kier molecular flexibility index (Phi) is 12.7. The molecule has 0 atom stereocenters. The molecule has 1 fully saturated rings. The summed E-state index contributed by atoms with van der Waals surface area (Å²) in [7, 11) is 0. The van der Waals surface area contributed by atoms with Crippen LogP contribution < -0.4 is 16.8 Å². The molecule has 1 aliphatic rings.